The standard InChI is InChI=1S/C9H17NO2/c1-6-9(8(2,3)4)10(5)7(11)12-9/h6H2,1-5H3. The van der Waals surface area contributed by atoms with E-state index in [0.717, 1.165) is 6.42 Å². The van der Waals surface area contributed by atoms with Gasteiger partial charge in [0.25, 0.3) is 0 Å². The van der Waals surface area contributed by atoms with E-state index in [1.807, 2.05) is 6.92 Å². The molecule has 0 radical (unpaired) electrons. The normalized spacial score (nSPS) is 29.8. The lowest BCUT2D eigenvalue weighted by molar-refractivity contribution is -0.232. The van der Waals surface area contributed by atoms with Gasteiger partial charge in [0.15, 0.2) is 5.72 Å². The molecule has 1 heterocycles. The third-order valence-electron chi connectivity index (χ3n) is 2.72. The molecule has 70 valence electrons. The maximum Gasteiger partial charge on any atom is 0.414 e. The van der Waals surface area contributed by atoms with Crippen LogP contribution >= 0.6 is 0 Å². The number of cyclic esters (lactones) is 1. The van der Waals surface area contributed by atoms with E-state index in [4.69, 9.17) is 4.74 Å². The van der Waals surface area contributed by atoms with Crippen molar-refractivity contribution in [3.8, 4) is 0 Å². The topological polar surface area (TPSA) is 29.5 Å². The molecule has 0 aromatic heterocycles. The first kappa shape index (κ1) is 9.36. The van der Waals surface area contributed by atoms with Crippen LogP contribution in [0, 0.1) is 5.41 Å². The van der Waals surface area contributed by atoms with Crippen molar-refractivity contribution in [3.63, 3.8) is 0 Å². The Morgan fingerprint density at radius 1 is 1.50 bits per heavy atom. The summed E-state index contributed by atoms with van der Waals surface area (Å²) < 4.78 is 5.24. The van der Waals surface area contributed by atoms with Crippen LogP contribution in [-0.4, -0.2) is 23.8 Å². The molecule has 1 saturated heterocycles. The summed E-state index contributed by atoms with van der Waals surface area (Å²) in [5.74, 6) is 0. The molecular formula is C9H17NO2. The Hall–Kier alpha value is -0.730. The fourth-order valence-corrected chi connectivity index (χ4v) is 1.89. The van der Waals surface area contributed by atoms with Crippen LogP contribution in [0.5, 0.6) is 0 Å². The molecule has 1 aliphatic heterocycles. The summed E-state index contributed by atoms with van der Waals surface area (Å²) >= 11 is 0. The van der Waals surface area contributed by atoms with Gasteiger partial charge in [0.2, 0.25) is 0 Å². The minimum Gasteiger partial charge on any atom is -0.422 e. The van der Waals surface area contributed by atoms with Crippen LogP contribution in [0.4, 0.5) is 4.79 Å². The van der Waals surface area contributed by atoms with Crippen molar-refractivity contribution in [3.05, 3.63) is 0 Å². The first-order valence-electron chi connectivity index (χ1n) is 4.32. The average Bonchev–Trinajstić information content (AvgIpc) is 1.96. The van der Waals surface area contributed by atoms with Crippen LogP contribution in [0.3, 0.4) is 0 Å². The lowest BCUT2D eigenvalue weighted by Crippen LogP contribution is -2.69. The van der Waals surface area contributed by atoms with Crippen LogP contribution < -0.4 is 0 Å². The predicted octanol–water partition coefficient (Wildman–Crippen LogP) is 2.22. The van der Waals surface area contributed by atoms with Crippen molar-refractivity contribution in [2.45, 2.75) is 39.8 Å². The molecule has 0 aromatic carbocycles. The zero-order chi connectivity index (χ0) is 9.57. The third kappa shape index (κ3) is 0.919. The summed E-state index contributed by atoms with van der Waals surface area (Å²) in [4.78, 5) is 12.6. The smallest absolute Gasteiger partial charge is 0.414 e. The zero-order valence-corrected chi connectivity index (χ0v) is 8.47. The largest absolute Gasteiger partial charge is 0.422 e. The molecular weight excluding hydrogens is 154 g/mol. The third-order valence-corrected chi connectivity index (χ3v) is 2.72. The monoisotopic (exact) mass is 171 g/mol. The number of hydrogen-bond acceptors (Lipinski definition) is 2. The van der Waals surface area contributed by atoms with Gasteiger partial charge in [-0.25, -0.2) is 4.79 Å². The Kier molecular flexibility index (Phi) is 1.85. The van der Waals surface area contributed by atoms with E-state index in [0.29, 0.717) is 0 Å². The quantitative estimate of drug-likeness (QED) is 0.605. The van der Waals surface area contributed by atoms with Gasteiger partial charge in [0.1, 0.15) is 0 Å². The molecule has 0 aromatic rings. The SMILES string of the molecule is CCC1(C(C)(C)C)OC(=O)N1C. The van der Waals surface area contributed by atoms with Gasteiger partial charge >= 0.3 is 6.09 Å². The maximum atomic E-state index is 11.0. The van der Waals surface area contributed by atoms with E-state index in [1.165, 1.54) is 0 Å². The fraction of sp³-hybridized carbons (Fsp3) is 0.889. The van der Waals surface area contributed by atoms with Crippen LogP contribution in [0.25, 0.3) is 0 Å². The molecule has 12 heavy (non-hydrogen) atoms. The van der Waals surface area contributed by atoms with Gasteiger partial charge in [0.05, 0.1) is 0 Å². The Labute approximate surface area is 73.7 Å². The molecule has 3 heteroatoms. The zero-order valence-electron chi connectivity index (χ0n) is 8.47. The Morgan fingerprint density at radius 2 is 2.00 bits per heavy atom. The summed E-state index contributed by atoms with van der Waals surface area (Å²) in [5.41, 5.74) is -0.408. The van der Waals surface area contributed by atoms with Crippen molar-refractivity contribution in [2.24, 2.45) is 5.41 Å². The van der Waals surface area contributed by atoms with Crippen LogP contribution in [-0.2, 0) is 4.74 Å². The van der Waals surface area contributed by atoms with Crippen LogP contribution in [0.15, 0.2) is 0 Å². The molecule has 1 unspecified atom stereocenters. The molecule has 1 amide bonds. The molecule has 3 nitrogen and oxygen atoms in total. The minimum absolute atomic E-state index is 0.0234. The molecule has 1 aliphatic rings. The van der Waals surface area contributed by atoms with Crippen LogP contribution in [0.1, 0.15) is 34.1 Å². The minimum atomic E-state index is -0.385. The summed E-state index contributed by atoms with van der Waals surface area (Å²) in [5, 5.41) is 0. The summed E-state index contributed by atoms with van der Waals surface area (Å²) in [6.07, 6.45) is 0.616. The average molecular weight is 171 g/mol. The van der Waals surface area contributed by atoms with Gasteiger partial charge < -0.3 is 4.74 Å². The number of nitrogens with zero attached hydrogens (tertiary/aromatic N) is 1. The first-order valence-corrected chi connectivity index (χ1v) is 4.32. The lowest BCUT2D eigenvalue weighted by Gasteiger charge is -2.55. The summed E-state index contributed by atoms with van der Waals surface area (Å²) in [6, 6.07) is 0. The number of ether oxygens (including phenoxy) is 1. The Balaban J connectivity index is 2.88. The van der Waals surface area contributed by atoms with E-state index in [9.17, 15) is 4.79 Å². The maximum absolute atomic E-state index is 11.0. The van der Waals surface area contributed by atoms with E-state index in [2.05, 4.69) is 20.8 Å². The van der Waals surface area contributed by atoms with Gasteiger partial charge in [-0.15, -0.1) is 0 Å². The number of rotatable bonds is 1. The second kappa shape index (κ2) is 2.38. The van der Waals surface area contributed by atoms with Crippen molar-refractivity contribution in [1.29, 1.82) is 0 Å². The molecule has 0 bridgehead atoms. The number of carbonyl (C=O) groups excluding carboxylic acids is 1. The number of carbonyl (C=O) groups is 1. The predicted molar refractivity (Wildman–Crippen MR) is 46.7 cm³/mol. The van der Waals surface area contributed by atoms with E-state index in [-0.39, 0.29) is 17.2 Å². The van der Waals surface area contributed by atoms with Gasteiger partial charge in [-0.05, 0) is 0 Å². The van der Waals surface area contributed by atoms with Gasteiger partial charge in [0, 0.05) is 18.9 Å². The van der Waals surface area contributed by atoms with E-state index >= 15 is 0 Å². The van der Waals surface area contributed by atoms with Crippen molar-refractivity contribution < 1.29 is 9.53 Å². The van der Waals surface area contributed by atoms with Crippen molar-refractivity contribution in [1.82, 2.24) is 4.90 Å². The van der Waals surface area contributed by atoms with Gasteiger partial charge in [-0.2, -0.15) is 0 Å². The molecule has 1 atom stereocenters. The van der Waals surface area contributed by atoms with Crippen molar-refractivity contribution in [2.75, 3.05) is 7.05 Å². The molecule has 1 rings (SSSR count). The van der Waals surface area contributed by atoms with Gasteiger partial charge in [-0.3, -0.25) is 4.90 Å². The summed E-state index contributed by atoms with van der Waals surface area (Å²) in [6.45, 7) is 8.28. The van der Waals surface area contributed by atoms with Crippen molar-refractivity contribution >= 4 is 6.09 Å². The highest BCUT2D eigenvalue weighted by Gasteiger charge is 2.57. The highest BCUT2D eigenvalue weighted by atomic mass is 16.6. The number of amides is 1. The Morgan fingerprint density at radius 3 is 2.08 bits per heavy atom. The fourth-order valence-electron chi connectivity index (χ4n) is 1.89. The molecule has 0 saturated carbocycles. The second-order valence-corrected chi connectivity index (χ2v) is 4.31. The highest BCUT2D eigenvalue weighted by Crippen LogP contribution is 2.45. The van der Waals surface area contributed by atoms with Gasteiger partial charge in [-0.1, -0.05) is 27.7 Å². The van der Waals surface area contributed by atoms with E-state index < -0.39 is 0 Å². The molecule has 1 fully saturated rings. The molecule has 0 spiro atoms. The first-order chi connectivity index (χ1) is 5.35. The second-order valence-electron chi connectivity index (χ2n) is 4.31. The lowest BCUT2D eigenvalue weighted by atomic mass is 9.78. The van der Waals surface area contributed by atoms with Crippen LogP contribution in [0.2, 0.25) is 0 Å². The highest BCUT2D eigenvalue weighted by molar-refractivity contribution is 5.74. The Bertz CT molecular complexity index is 207. The summed E-state index contributed by atoms with van der Waals surface area (Å²) in [7, 11) is 1.79. The molecule has 0 aliphatic carbocycles. The van der Waals surface area contributed by atoms with E-state index in [1.54, 1.807) is 11.9 Å². The number of hydrogen-bond donors (Lipinski definition) is 0. The molecule has 0 N–H and O–H groups in total.